The fourth-order valence-electron chi connectivity index (χ4n) is 2.60. The lowest BCUT2D eigenvalue weighted by Gasteiger charge is -2.15. The van der Waals surface area contributed by atoms with Crippen LogP contribution in [0.1, 0.15) is 23.2 Å². The minimum Gasteiger partial charge on any atom is -0.481 e. The van der Waals surface area contributed by atoms with E-state index in [-0.39, 0.29) is 24.9 Å². The van der Waals surface area contributed by atoms with Gasteiger partial charge in [-0.05, 0) is 38.1 Å². The van der Waals surface area contributed by atoms with Crippen molar-refractivity contribution >= 4 is 27.7 Å². The Kier molecular flexibility index (Phi) is 7.18. The van der Waals surface area contributed by atoms with Crippen molar-refractivity contribution in [2.24, 2.45) is 0 Å². The summed E-state index contributed by atoms with van der Waals surface area (Å²) in [4.78, 5) is 28.4. The second-order valence-corrected chi connectivity index (χ2v) is 7.47. The molecule has 0 saturated carbocycles. The van der Waals surface area contributed by atoms with Gasteiger partial charge in [-0.25, -0.2) is 0 Å². The Morgan fingerprint density at radius 3 is 2.67 bits per heavy atom. The topological polar surface area (TPSA) is 106 Å². The summed E-state index contributed by atoms with van der Waals surface area (Å²) in [6, 6.07) is 14.8. The normalized spacial score (nSPS) is 11.6. The van der Waals surface area contributed by atoms with E-state index in [1.54, 1.807) is 19.1 Å². The summed E-state index contributed by atoms with van der Waals surface area (Å²) >= 11 is 3.35. The number of hydrogen-bond acceptors (Lipinski definition) is 6. The molecule has 0 saturated heterocycles. The van der Waals surface area contributed by atoms with Gasteiger partial charge < -0.3 is 19.9 Å². The zero-order valence-corrected chi connectivity index (χ0v) is 18.1. The second kappa shape index (κ2) is 10.0. The molecule has 2 aromatic carbocycles. The summed E-state index contributed by atoms with van der Waals surface area (Å²) in [5, 5.41) is 9.17. The average molecular weight is 473 g/mol. The van der Waals surface area contributed by atoms with E-state index in [0.29, 0.717) is 11.6 Å². The van der Waals surface area contributed by atoms with E-state index in [4.69, 9.17) is 9.26 Å². The molecule has 9 heteroatoms. The van der Waals surface area contributed by atoms with Crippen molar-refractivity contribution in [3.63, 3.8) is 0 Å². The van der Waals surface area contributed by atoms with Crippen molar-refractivity contribution in [1.29, 1.82) is 0 Å². The molecule has 0 radical (unpaired) electrons. The van der Waals surface area contributed by atoms with E-state index in [0.717, 1.165) is 15.6 Å². The minimum atomic E-state index is -0.678. The van der Waals surface area contributed by atoms with E-state index >= 15 is 0 Å². The van der Waals surface area contributed by atoms with Crippen LogP contribution in [-0.4, -0.2) is 41.1 Å². The molecule has 3 aromatic rings. The molecule has 30 heavy (non-hydrogen) atoms. The number of benzene rings is 2. The molecule has 3 rings (SSSR count). The van der Waals surface area contributed by atoms with Crippen LogP contribution in [0, 0.1) is 6.92 Å². The van der Waals surface area contributed by atoms with E-state index in [1.165, 1.54) is 0 Å². The molecule has 0 spiro atoms. The number of carbonyl (C=O) groups is 2. The monoisotopic (exact) mass is 472 g/mol. The number of hydrogen-bond donors (Lipinski definition) is 2. The van der Waals surface area contributed by atoms with Gasteiger partial charge >= 0.3 is 11.8 Å². The summed E-state index contributed by atoms with van der Waals surface area (Å²) in [6.07, 6.45) is -0.678. The molecule has 0 bridgehead atoms. The highest BCUT2D eigenvalue weighted by Gasteiger charge is 2.17. The zero-order chi connectivity index (χ0) is 21.5. The molecule has 156 valence electrons. The third-order valence-electron chi connectivity index (χ3n) is 4.08. The Morgan fingerprint density at radius 1 is 1.13 bits per heavy atom. The van der Waals surface area contributed by atoms with Crippen LogP contribution in [0.4, 0.5) is 0 Å². The van der Waals surface area contributed by atoms with Crippen LogP contribution in [-0.2, 0) is 4.79 Å². The lowest BCUT2D eigenvalue weighted by atomic mass is 10.1. The molecular formula is C21H21BrN4O4. The Balaban J connectivity index is 1.43. The third-order valence-corrected chi connectivity index (χ3v) is 4.58. The SMILES string of the molecule is Cc1cccc(-c2noc(C(=O)NCCNC(=O)C(C)Oc3cccc(Br)c3)n2)c1. The zero-order valence-electron chi connectivity index (χ0n) is 16.5. The highest BCUT2D eigenvalue weighted by atomic mass is 79.9. The van der Waals surface area contributed by atoms with Crippen molar-refractivity contribution < 1.29 is 18.8 Å². The number of amides is 2. The van der Waals surface area contributed by atoms with Crippen molar-refractivity contribution in [3.8, 4) is 17.1 Å². The molecule has 1 unspecified atom stereocenters. The molecule has 0 aliphatic carbocycles. The smallest absolute Gasteiger partial charge is 0.316 e. The van der Waals surface area contributed by atoms with Crippen molar-refractivity contribution in [2.45, 2.75) is 20.0 Å². The van der Waals surface area contributed by atoms with Gasteiger partial charge in [0, 0.05) is 23.1 Å². The lowest BCUT2D eigenvalue weighted by molar-refractivity contribution is -0.127. The van der Waals surface area contributed by atoms with E-state index in [1.807, 2.05) is 43.3 Å². The van der Waals surface area contributed by atoms with Crippen LogP contribution >= 0.6 is 15.9 Å². The predicted octanol–water partition coefficient (Wildman–Crippen LogP) is 3.12. The van der Waals surface area contributed by atoms with Crippen molar-refractivity contribution in [3.05, 3.63) is 64.5 Å². The number of aryl methyl sites for hydroxylation is 1. The first-order valence-electron chi connectivity index (χ1n) is 9.31. The Labute approximate surface area is 182 Å². The average Bonchev–Trinajstić information content (AvgIpc) is 3.21. The summed E-state index contributed by atoms with van der Waals surface area (Å²) < 4.78 is 11.5. The van der Waals surface area contributed by atoms with Crippen LogP contribution < -0.4 is 15.4 Å². The summed E-state index contributed by atoms with van der Waals surface area (Å²) in [7, 11) is 0. The Morgan fingerprint density at radius 2 is 1.90 bits per heavy atom. The van der Waals surface area contributed by atoms with Gasteiger partial charge in [0.15, 0.2) is 6.10 Å². The molecule has 0 fully saturated rings. The second-order valence-electron chi connectivity index (χ2n) is 6.56. The first kappa shape index (κ1) is 21.5. The number of halogens is 1. The number of nitrogens with zero attached hydrogens (tertiary/aromatic N) is 2. The molecule has 0 aliphatic rings. The molecule has 2 N–H and O–H groups in total. The Bertz CT molecular complexity index is 1040. The molecule has 2 amide bonds. The fraction of sp³-hybridized carbons (Fsp3) is 0.238. The summed E-state index contributed by atoms with van der Waals surface area (Å²) in [5.41, 5.74) is 1.82. The number of ether oxygens (including phenoxy) is 1. The third kappa shape index (κ3) is 5.90. The molecule has 1 heterocycles. The maximum Gasteiger partial charge on any atom is 0.316 e. The van der Waals surface area contributed by atoms with Gasteiger partial charge in [0.2, 0.25) is 5.82 Å². The van der Waals surface area contributed by atoms with Gasteiger partial charge in [-0.15, -0.1) is 0 Å². The van der Waals surface area contributed by atoms with Gasteiger partial charge in [-0.3, -0.25) is 9.59 Å². The summed E-state index contributed by atoms with van der Waals surface area (Å²) in [6.45, 7) is 4.04. The van der Waals surface area contributed by atoms with E-state index in [9.17, 15) is 9.59 Å². The van der Waals surface area contributed by atoms with Crippen LogP contribution in [0.15, 0.2) is 57.5 Å². The van der Waals surface area contributed by atoms with Crippen LogP contribution in [0.5, 0.6) is 5.75 Å². The number of aromatic nitrogens is 2. The summed E-state index contributed by atoms with van der Waals surface area (Å²) in [5.74, 6) is -0.00108. The number of nitrogens with one attached hydrogen (secondary N) is 2. The van der Waals surface area contributed by atoms with E-state index in [2.05, 4.69) is 36.7 Å². The largest absolute Gasteiger partial charge is 0.481 e. The minimum absolute atomic E-state index is 0.135. The molecule has 0 aliphatic heterocycles. The number of rotatable bonds is 8. The van der Waals surface area contributed by atoms with E-state index < -0.39 is 12.0 Å². The van der Waals surface area contributed by atoms with Gasteiger partial charge in [-0.1, -0.05) is 50.9 Å². The van der Waals surface area contributed by atoms with Crippen molar-refractivity contribution in [1.82, 2.24) is 20.8 Å². The van der Waals surface area contributed by atoms with Crippen LogP contribution in [0.3, 0.4) is 0 Å². The maximum absolute atomic E-state index is 12.2. The lowest BCUT2D eigenvalue weighted by Crippen LogP contribution is -2.40. The van der Waals surface area contributed by atoms with Gasteiger partial charge in [0.1, 0.15) is 5.75 Å². The quantitative estimate of drug-likeness (QED) is 0.487. The van der Waals surface area contributed by atoms with Gasteiger partial charge in [-0.2, -0.15) is 4.98 Å². The predicted molar refractivity (Wildman–Crippen MR) is 114 cm³/mol. The highest BCUT2D eigenvalue weighted by Crippen LogP contribution is 2.19. The molecule has 1 atom stereocenters. The Hall–Kier alpha value is -3.20. The number of carbonyl (C=O) groups excluding carboxylic acids is 2. The molecule has 8 nitrogen and oxygen atoms in total. The van der Waals surface area contributed by atoms with Crippen molar-refractivity contribution in [2.75, 3.05) is 13.1 Å². The van der Waals surface area contributed by atoms with Crippen LogP contribution in [0.2, 0.25) is 0 Å². The maximum atomic E-state index is 12.2. The van der Waals surface area contributed by atoms with Crippen LogP contribution in [0.25, 0.3) is 11.4 Å². The molecule has 1 aromatic heterocycles. The highest BCUT2D eigenvalue weighted by molar-refractivity contribution is 9.10. The first-order valence-corrected chi connectivity index (χ1v) is 10.1. The standard InChI is InChI=1S/C21H21BrN4O4/c1-13-5-3-6-15(11-13)18-25-21(30-26-18)20(28)24-10-9-23-19(27)14(2)29-17-8-4-7-16(22)12-17/h3-8,11-12,14H,9-10H2,1-2H3,(H,23,27)(H,24,28). The van der Waals surface area contributed by atoms with Gasteiger partial charge in [0.05, 0.1) is 0 Å². The van der Waals surface area contributed by atoms with Gasteiger partial charge in [0.25, 0.3) is 5.91 Å². The first-order chi connectivity index (χ1) is 14.4. The fourth-order valence-corrected chi connectivity index (χ4v) is 2.97. The molecular weight excluding hydrogens is 452 g/mol.